The largest absolute Gasteiger partial charge is 0.332 e. The smallest absolute Gasteiger partial charge is 0.280 e. The van der Waals surface area contributed by atoms with Crippen LogP contribution >= 0.6 is 0 Å². The number of benzene rings is 2. The standard InChI is InChI=1S/C19H17N5O/c1-12-7-9-15(10-8-12)18-20-19(25-22-18)17-14(3)24(23-21-17)16-6-4-5-13(2)11-16/h4-11H,1-3H3. The predicted octanol–water partition coefficient (Wildman–Crippen LogP) is 3.91. The van der Waals surface area contributed by atoms with E-state index in [1.165, 1.54) is 5.56 Å². The highest BCUT2D eigenvalue weighted by Gasteiger charge is 2.18. The number of rotatable bonds is 3. The molecule has 0 radical (unpaired) electrons. The molecular weight excluding hydrogens is 314 g/mol. The van der Waals surface area contributed by atoms with Gasteiger partial charge in [0.25, 0.3) is 5.89 Å². The summed E-state index contributed by atoms with van der Waals surface area (Å²) in [5.74, 6) is 0.909. The third-order valence-electron chi connectivity index (χ3n) is 4.08. The number of hydrogen-bond acceptors (Lipinski definition) is 5. The lowest BCUT2D eigenvalue weighted by Crippen LogP contribution is -1.99. The number of aromatic nitrogens is 5. The van der Waals surface area contributed by atoms with E-state index in [4.69, 9.17) is 4.52 Å². The molecule has 6 heteroatoms. The molecule has 2 heterocycles. The molecule has 0 atom stereocenters. The summed E-state index contributed by atoms with van der Waals surface area (Å²) in [7, 11) is 0. The zero-order valence-electron chi connectivity index (χ0n) is 14.3. The van der Waals surface area contributed by atoms with E-state index in [0.717, 1.165) is 22.5 Å². The second-order valence-electron chi connectivity index (χ2n) is 6.06. The highest BCUT2D eigenvalue weighted by molar-refractivity contribution is 5.59. The molecule has 2 aromatic carbocycles. The molecule has 6 nitrogen and oxygen atoms in total. The van der Waals surface area contributed by atoms with E-state index in [9.17, 15) is 0 Å². The van der Waals surface area contributed by atoms with E-state index in [1.807, 2.05) is 63.2 Å². The van der Waals surface area contributed by atoms with E-state index in [1.54, 1.807) is 4.68 Å². The van der Waals surface area contributed by atoms with Crippen LogP contribution in [0.3, 0.4) is 0 Å². The van der Waals surface area contributed by atoms with Crippen molar-refractivity contribution in [3.8, 4) is 28.7 Å². The van der Waals surface area contributed by atoms with Gasteiger partial charge in [-0.1, -0.05) is 52.3 Å². The summed E-state index contributed by atoms with van der Waals surface area (Å²) >= 11 is 0. The third-order valence-corrected chi connectivity index (χ3v) is 4.08. The Labute approximate surface area is 145 Å². The van der Waals surface area contributed by atoms with Crippen LogP contribution in [-0.4, -0.2) is 25.1 Å². The van der Waals surface area contributed by atoms with Crippen LogP contribution in [-0.2, 0) is 0 Å². The molecule has 0 fully saturated rings. The van der Waals surface area contributed by atoms with Gasteiger partial charge < -0.3 is 4.52 Å². The summed E-state index contributed by atoms with van der Waals surface area (Å²) in [6, 6.07) is 16.1. The molecule has 0 aliphatic carbocycles. The SMILES string of the molecule is Cc1ccc(-c2noc(-c3nnn(-c4cccc(C)c4)c3C)n2)cc1. The van der Waals surface area contributed by atoms with E-state index < -0.39 is 0 Å². The molecule has 0 amide bonds. The predicted molar refractivity (Wildman–Crippen MR) is 94.3 cm³/mol. The van der Waals surface area contributed by atoms with Crippen molar-refractivity contribution in [2.75, 3.05) is 0 Å². The van der Waals surface area contributed by atoms with Crippen molar-refractivity contribution in [2.24, 2.45) is 0 Å². The van der Waals surface area contributed by atoms with Gasteiger partial charge in [-0.15, -0.1) is 5.10 Å². The minimum absolute atomic E-state index is 0.368. The summed E-state index contributed by atoms with van der Waals surface area (Å²) in [5.41, 5.74) is 5.65. The van der Waals surface area contributed by atoms with Gasteiger partial charge in [0.2, 0.25) is 5.82 Å². The van der Waals surface area contributed by atoms with Crippen molar-refractivity contribution in [3.05, 3.63) is 65.4 Å². The summed E-state index contributed by atoms with van der Waals surface area (Å²) < 4.78 is 7.19. The van der Waals surface area contributed by atoms with E-state index in [2.05, 4.69) is 26.5 Å². The van der Waals surface area contributed by atoms with Crippen LogP contribution in [0, 0.1) is 20.8 Å². The Kier molecular flexibility index (Phi) is 3.65. The Balaban J connectivity index is 1.71. The van der Waals surface area contributed by atoms with Crippen molar-refractivity contribution in [2.45, 2.75) is 20.8 Å². The molecule has 0 saturated carbocycles. The highest BCUT2D eigenvalue weighted by atomic mass is 16.5. The average Bonchev–Trinajstić information content (AvgIpc) is 3.22. The van der Waals surface area contributed by atoms with Crippen LogP contribution in [0.5, 0.6) is 0 Å². The summed E-state index contributed by atoms with van der Waals surface area (Å²) in [6.45, 7) is 6.02. The molecule has 4 aromatic rings. The van der Waals surface area contributed by atoms with Crippen LogP contribution in [0.15, 0.2) is 53.1 Å². The van der Waals surface area contributed by atoms with Gasteiger partial charge in [0.05, 0.1) is 11.4 Å². The van der Waals surface area contributed by atoms with Gasteiger partial charge in [-0.25, -0.2) is 4.68 Å². The summed E-state index contributed by atoms with van der Waals surface area (Å²) in [5, 5.41) is 12.5. The van der Waals surface area contributed by atoms with Crippen molar-refractivity contribution in [1.29, 1.82) is 0 Å². The molecule has 0 saturated heterocycles. The van der Waals surface area contributed by atoms with Crippen LogP contribution in [0.1, 0.15) is 16.8 Å². The monoisotopic (exact) mass is 331 g/mol. The maximum absolute atomic E-state index is 5.41. The first-order chi connectivity index (χ1) is 12.1. The number of nitrogens with zero attached hydrogens (tertiary/aromatic N) is 5. The molecule has 4 rings (SSSR count). The van der Waals surface area contributed by atoms with Gasteiger partial charge >= 0.3 is 0 Å². The Hall–Kier alpha value is -3.28. The van der Waals surface area contributed by atoms with Gasteiger partial charge in [0.15, 0.2) is 5.69 Å². The van der Waals surface area contributed by atoms with Crippen LogP contribution in [0.4, 0.5) is 0 Å². The summed E-state index contributed by atoms with van der Waals surface area (Å²) in [6.07, 6.45) is 0. The van der Waals surface area contributed by atoms with E-state index >= 15 is 0 Å². The fourth-order valence-corrected chi connectivity index (χ4v) is 2.67. The molecule has 0 N–H and O–H groups in total. The lowest BCUT2D eigenvalue weighted by molar-refractivity contribution is 0.430. The first-order valence-electron chi connectivity index (χ1n) is 8.02. The quantitative estimate of drug-likeness (QED) is 0.569. The number of hydrogen-bond donors (Lipinski definition) is 0. The zero-order chi connectivity index (χ0) is 17.4. The Bertz CT molecular complexity index is 1030. The molecule has 25 heavy (non-hydrogen) atoms. The summed E-state index contributed by atoms with van der Waals surface area (Å²) in [4.78, 5) is 4.47. The first-order valence-corrected chi connectivity index (χ1v) is 8.02. The maximum Gasteiger partial charge on any atom is 0.280 e. The topological polar surface area (TPSA) is 69.6 Å². The van der Waals surface area contributed by atoms with Crippen molar-refractivity contribution in [3.63, 3.8) is 0 Å². The van der Waals surface area contributed by atoms with E-state index in [0.29, 0.717) is 17.4 Å². The first kappa shape index (κ1) is 15.3. The minimum Gasteiger partial charge on any atom is -0.332 e. The minimum atomic E-state index is 0.368. The molecular formula is C19H17N5O. The molecule has 124 valence electrons. The molecule has 0 spiro atoms. The average molecular weight is 331 g/mol. The van der Waals surface area contributed by atoms with Crippen LogP contribution < -0.4 is 0 Å². The molecule has 0 unspecified atom stereocenters. The second kappa shape index (κ2) is 5.98. The van der Waals surface area contributed by atoms with Gasteiger partial charge in [0, 0.05) is 5.56 Å². The molecule has 0 bridgehead atoms. The van der Waals surface area contributed by atoms with Gasteiger partial charge in [-0.2, -0.15) is 4.98 Å². The Morgan fingerprint density at radius 1 is 0.920 bits per heavy atom. The van der Waals surface area contributed by atoms with Crippen molar-refractivity contribution >= 4 is 0 Å². The number of aryl methyl sites for hydroxylation is 2. The maximum atomic E-state index is 5.41. The zero-order valence-corrected chi connectivity index (χ0v) is 14.3. The third kappa shape index (κ3) is 2.82. The molecule has 0 aliphatic heterocycles. The fourth-order valence-electron chi connectivity index (χ4n) is 2.67. The Morgan fingerprint density at radius 3 is 2.48 bits per heavy atom. The normalized spacial score (nSPS) is 11.0. The van der Waals surface area contributed by atoms with E-state index in [-0.39, 0.29) is 0 Å². The molecule has 2 aromatic heterocycles. The van der Waals surface area contributed by atoms with Gasteiger partial charge in [-0.3, -0.25) is 0 Å². The lowest BCUT2D eigenvalue weighted by Gasteiger charge is -2.03. The Morgan fingerprint density at radius 2 is 1.72 bits per heavy atom. The molecule has 0 aliphatic rings. The van der Waals surface area contributed by atoms with Crippen LogP contribution in [0.2, 0.25) is 0 Å². The van der Waals surface area contributed by atoms with Crippen molar-refractivity contribution < 1.29 is 4.52 Å². The highest BCUT2D eigenvalue weighted by Crippen LogP contribution is 2.24. The van der Waals surface area contributed by atoms with Gasteiger partial charge in [0.1, 0.15) is 0 Å². The van der Waals surface area contributed by atoms with Crippen molar-refractivity contribution in [1.82, 2.24) is 25.1 Å². The van der Waals surface area contributed by atoms with Gasteiger partial charge in [-0.05, 0) is 38.5 Å². The van der Waals surface area contributed by atoms with Crippen LogP contribution in [0.25, 0.3) is 28.7 Å². The second-order valence-corrected chi connectivity index (χ2v) is 6.06. The lowest BCUT2D eigenvalue weighted by atomic mass is 10.1. The fraction of sp³-hybridized carbons (Fsp3) is 0.158.